The zero-order valence-corrected chi connectivity index (χ0v) is 14.9. The molecule has 1 saturated heterocycles. The standard InChI is InChI=1S/C17H16Cl2N4O2/c18-12-8-20-23(17(24)15(12)19)10-22-7-3-4-11(9-22)16-21-13-5-1-2-6-14(13)25-16/h1-2,5-6,8,11H,3-4,7,9-10H2. The Bertz CT molecular complexity index is 936. The van der Waals surface area contributed by atoms with E-state index in [0.717, 1.165) is 42.9 Å². The first kappa shape index (κ1) is 16.6. The molecule has 0 radical (unpaired) electrons. The summed E-state index contributed by atoms with van der Waals surface area (Å²) in [6, 6.07) is 7.75. The SMILES string of the molecule is O=c1c(Cl)c(Cl)cnn1CN1CCCC(c2nc3ccccc3o2)C1. The van der Waals surface area contributed by atoms with Gasteiger partial charge in [0.25, 0.3) is 5.56 Å². The molecule has 3 heterocycles. The molecule has 25 heavy (non-hydrogen) atoms. The minimum absolute atomic E-state index is 0.00387. The number of piperidine rings is 1. The van der Waals surface area contributed by atoms with Crippen LogP contribution in [0.15, 0.2) is 39.7 Å². The van der Waals surface area contributed by atoms with E-state index < -0.39 is 0 Å². The van der Waals surface area contributed by atoms with Crippen molar-refractivity contribution in [2.45, 2.75) is 25.4 Å². The fourth-order valence-corrected chi connectivity index (χ4v) is 3.46. The van der Waals surface area contributed by atoms with Gasteiger partial charge in [-0.15, -0.1) is 0 Å². The Morgan fingerprint density at radius 2 is 2.12 bits per heavy atom. The molecule has 1 atom stereocenters. The van der Waals surface area contributed by atoms with E-state index in [1.54, 1.807) is 0 Å². The lowest BCUT2D eigenvalue weighted by Gasteiger charge is -2.31. The number of nitrogens with zero attached hydrogens (tertiary/aromatic N) is 4. The molecule has 2 aromatic heterocycles. The van der Waals surface area contributed by atoms with E-state index in [0.29, 0.717) is 6.67 Å². The number of para-hydroxylation sites is 2. The summed E-state index contributed by atoms with van der Waals surface area (Å²) in [4.78, 5) is 18.9. The number of aromatic nitrogens is 3. The van der Waals surface area contributed by atoms with Gasteiger partial charge in [0.05, 0.1) is 17.9 Å². The van der Waals surface area contributed by atoms with Crippen LogP contribution in [0.25, 0.3) is 11.1 Å². The van der Waals surface area contributed by atoms with Gasteiger partial charge in [0.2, 0.25) is 0 Å². The molecule has 1 aliphatic heterocycles. The van der Waals surface area contributed by atoms with Crippen molar-refractivity contribution in [1.82, 2.24) is 19.7 Å². The number of oxazole rings is 1. The third kappa shape index (κ3) is 3.29. The first-order chi connectivity index (χ1) is 12.1. The van der Waals surface area contributed by atoms with Crippen LogP contribution in [-0.4, -0.2) is 32.8 Å². The molecule has 1 aromatic carbocycles. The van der Waals surface area contributed by atoms with Gasteiger partial charge >= 0.3 is 0 Å². The summed E-state index contributed by atoms with van der Waals surface area (Å²) < 4.78 is 7.24. The maximum absolute atomic E-state index is 12.2. The van der Waals surface area contributed by atoms with Crippen LogP contribution in [-0.2, 0) is 6.67 Å². The van der Waals surface area contributed by atoms with Crippen LogP contribution >= 0.6 is 23.2 Å². The zero-order valence-electron chi connectivity index (χ0n) is 13.4. The molecule has 0 saturated carbocycles. The highest BCUT2D eigenvalue weighted by Crippen LogP contribution is 2.29. The Hall–Kier alpha value is -1.89. The first-order valence-corrected chi connectivity index (χ1v) is 8.86. The lowest BCUT2D eigenvalue weighted by Crippen LogP contribution is -2.39. The van der Waals surface area contributed by atoms with Crippen molar-refractivity contribution in [3.63, 3.8) is 0 Å². The molecule has 0 spiro atoms. The normalized spacial score (nSPS) is 18.7. The summed E-state index contributed by atoms with van der Waals surface area (Å²) in [5, 5.41) is 4.25. The summed E-state index contributed by atoms with van der Waals surface area (Å²) in [5.41, 5.74) is 1.30. The maximum atomic E-state index is 12.2. The number of fused-ring (bicyclic) bond motifs is 1. The number of benzene rings is 1. The van der Waals surface area contributed by atoms with Crippen LogP contribution in [0.3, 0.4) is 0 Å². The third-order valence-corrected chi connectivity index (χ3v) is 5.19. The summed E-state index contributed by atoms with van der Waals surface area (Å²) >= 11 is 11.7. The van der Waals surface area contributed by atoms with Gasteiger partial charge < -0.3 is 4.42 Å². The number of hydrogen-bond acceptors (Lipinski definition) is 5. The van der Waals surface area contributed by atoms with Crippen LogP contribution < -0.4 is 5.56 Å². The molecule has 4 rings (SSSR count). The summed E-state index contributed by atoms with van der Waals surface area (Å²) in [5.74, 6) is 0.944. The van der Waals surface area contributed by atoms with Crippen molar-refractivity contribution < 1.29 is 4.42 Å². The predicted molar refractivity (Wildman–Crippen MR) is 96.1 cm³/mol. The fraction of sp³-hybridized carbons (Fsp3) is 0.353. The highest BCUT2D eigenvalue weighted by atomic mass is 35.5. The van der Waals surface area contributed by atoms with Gasteiger partial charge in [0.15, 0.2) is 11.5 Å². The van der Waals surface area contributed by atoms with Crippen molar-refractivity contribution in [2.75, 3.05) is 13.1 Å². The molecule has 6 nitrogen and oxygen atoms in total. The van der Waals surface area contributed by atoms with Crippen LogP contribution in [0.5, 0.6) is 0 Å². The number of likely N-dealkylation sites (tertiary alicyclic amines) is 1. The fourth-order valence-electron chi connectivity index (χ4n) is 3.19. The highest BCUT2D eigenvalue weighted by molar-refractivity contribution is 6.41. The molecule has 3 aromatic rings. The molecule has 1 unspecified atom stereocenters. The number of rotatable bonds is 3. The van der Waals surface area contributed by atoms with Crippen molar-refractivity contribution in [2.24, 2.45) is 0 Å². The topological polar surface area (TPSA) is 64.2 Å². The average Bonchev–Trinajstić information content (AvgIpc) is 3.07. The van der Waals surface area contributed by atoms with Crippen molar-refractivity contribution in [3.8, 4) is 0 Å². The van der Waals surface area contributed by atoms with E-state index in [9.17, 15) is 4.79 Å². The largest absolute Gasteiger partial charge is 0.440 e. The Balaban J connectivity index is 1.53. The second kappa shape index (κ2) is 6.78. The number of halogens is 2. The maximum Gasteiger partial charge on any atom is 0.288 e. The second-order valence-electron chi connectivity index (χ2n) is 6.19. The van der Waals surface area contributed by atoms with Gasteiger partial charge in [-0.05, 0) is 31.5 Å². The molecule has 8 heteroatoms. The van der Waals surface area contributed by atoms with Crippen LogP contribution in [0, 0.1) is 0 Å². The van der Waals surface area contributed by atoms with Gasteiger partial charge in [-0.1, -0.05) is 35.3 Å². The van der Waals surface area contributed by atoms with E-state index in [1.807, 2.05) is 24.3 Å². The van der Waals surface area contributed by atoms with E-state index in [1.165, 1.54) is 10.9 Å². The molecular formula is C17H16Cl2N4O2. The van der Waals surface area contributed by atoms with Gasteiger partial charge in [-0.2, -0.15) is 5.10 Å². The van der Waals surface area contributed by atoms with Gasteiger partial charge in [-0.25, -0.2) is 9.67 Å². The van der Waals surface area contributed by atoms with E-state index in [4.69, 9.17) is 27.6 Å². The lowest BCUT2D eigenvalue weighted by molar-refractivity contribution is 0.145. The minimum Gasteiger partial charge on any atom is -0.440 e. The van der Waals surface area contributed by atoms with Crippen LogP contribution in [0.4, 0.5) is 0 Å². The Morgan fingerprint density at radius 3 is 2.96 bits per heavy atom. The summed E-state index contributed by atoms with van der Waals surface area (Å²) in [6.07, 6.45) is 3.40. The van der Waals surface area contributed by atoms with Crippen LogP contribution in [0.2, 0.25) is 10.0 Å². The van der Waals surface area contributed by atoms with E-state index >= 15 is 0 Å². The Morgan fingerprint density at radius 1 is 1.28 bits per heavy atom. The van der Waals surface area contributed by atoms with E-state index in [-0.39, 0.29) is 21.5 Å². The molecule has 0 bridgehead atoms. The Labute approximate surface area is 154 Å². The van der Waals surface area contributed by atoms with Gasteiger partial charge in [-0.3, -0.25) is 9.69 Å². The van der Waals surface area contributed by atoms with Crippen molar-refractivity contribution in [1.29, 1.82) is 0 Å². The smallest absolute Gasteiger partial charge is 0.288 e. The Kier molecular flexibility index (Phi) is 4.50. The highest BCUT2D eigenvalue weighted by Gasteiger charge is 2.26. The molecule has 1 fully saturated rings. The molecule has 0 N–H and O–H groups in total. The van der Waals surface area contributed by atoms with Gasteiger partial charge in [0, 0.05) is 12.5 Å². The molecule has 130 valence electrons. The van der Waals surface area contributed by atoms with Crippen LogP contribution in [0.1, 0.15) is 24.7 Å². The van der Waals surface area contributed by atoms with E-state index in [2.05, 4.69) is 15.0 Å². The summed E-state index contributed by atoms with van der Waals surface area (Å²) in [7, 11) is 0. The predicted octanol–water partition coefficient (Wildman–Crippen LogP) is 3.53. The zero-order chi connectivity index (χ0) is 17.4. The number of hydrogen-bond donors (Lipinski definition) is 0. The molecule has 0 aliphatic carbocycles. The molecule has 0 amide bonds. The van der Waals surface area contributed by atoms with Gasteiger partial charge in [0.1, 0.15) is 10.5 Å². The summed E-state index contributed by atoms with van der Waals surface area (Å²) in [6.45, 7) is 2.00. The molecular weight excluding hydrogens is 363 g/mol. The third-order valence-electron chi connectivity index (χ3n) is 4.44. The van der Waals surface area contributed by atoms with Crippen molar-refractivity contribution in [3.05, 3.63) is 56.8 Å². The second-order valence-corrected chi connectivity index (χ2v) is 6.97. The minimum atomic E-state index is -0.377. The monoisotopic (exact) mass is 378 g/mol. The quantitative estimate of drug-likeness (QED) is 0.697. The lowest BCUT2D eigenvalue weighted by atomic mass is 9.98. The first-order valence-electron chi connectivity index (χ1n) is 8.11. The van der Waals surface area contributed by atoms with Crippen molar-refractivity contribution >= 4 is 34.3 Å². The average molecular weight is 379 g/mol. The molecule has 1 aliphatic rings.